The molecule has 0 aliphatic heterocycles. The lowest BCUT2D eigenvalue weighted by Gasteiger charge is -2.11. The van der Waals surface area contributed by atoms with Gasteiger partial charge < -0.3 is 9.47 Å². The van der Waals surface area contributed by atoms with Gasteiger partial charge in [-0.25, -0.2) is 0 Å². The molecule has 2 aromatic rings. The van der Waals surface area contributed by atoms with Crippen molar-refractivity contribution in [2.75, 3.05) is 13.2 Å². The molecule has 0 saturated carbocycles. The number of ketones is 1. The Morgan fingerprint density at radius 2 is 1.71 bits per heavy atom. The number of aryl methyl sites for hydroxylation is 2. The Morgan fingerprint density at radius 3 is 2.29 bits per heavy atom. The summed E-state index contributed by atoms with van der Waals surface area (Å²) in [5, 5.41) is 0. The van der Waals surface area contributed by atoms with Crippen molar-refractivity contribution in [2.24, 2.45) is 0 Å². The fraction of sp³-hybridized carbons (Fsp3) is 0.353. The molecule has 2 rings (SSSR count). The van der Waals surface area contributed by atoms with E-state index in [9.17, 15) is 4.79 Å². The third kappa shape index (κ3) is 3.45. The van der Waals surface area contributed by atoms with Gasteiger partial charge in [0.05, 0.1) is 18.1 Å². The van der Waals surface area contributed by atoms with Gasteiger partial charge in [-0.3, -0.25) is 4.79 Å². The van der Waals surface area contributed by atoms with Gasteiger partial charge in [-0.2, -0.15) is 0 Å². The predicted molar refractivity (Wildman–Crippen MR) is 86.0 cm³/mol. The second-order valence-electron chi connectivity index (χ2n) is 4.71. The van der Waals surface area contributed by atoms with E-state index in [1.807, 2.05) is 33.8 Å². The molecule has 1 aromatic carbocycles. The highest BCUT2D eigenvalue weighted by molar-refractivity contribution is 7.14. The van der Waals surface area contributed by atoms with Crippen LogP contribution in [-0.2, 0) is 0 Å². The maximum absolute atomic E-state index is 12.6. The van der Waals surface area contributed by atoms with Crippen LogP contribution in [0.5, 0.6) is 11.5 Å². The van der Waals surface area contributed by atoms with Gasteiger partial charge in [0.15, 0.2) is 11.5 Å². The fourth-order valence-electron chi connectivity index (χ4n) is 2.02. The van der Waals surface area contributed by atoms with Gasteiger partial charge in [0, 0.05) is 10.4 Å². The minimum Gasteiger partial charge on any atom is -0.490 e. The second-order valence-corrected chi connectivity index (χ2v) is 5.96. The number of benzene rings is 1. The van der Waals surface area contributed by atoms with Crippen LogP contribution >= 0.6 is 11.3 Å². The van der Waals surface area contributed by atoms with Crippen LogP contribution in [0.3, 0.4) is 0 Å². The summed E-state index contributed by atoms with van der Waals surface area (Å²) in [4.78, 5) is 14.5. The molecule has 0 radical (unpaired) electrons. The number of carbonyl (C=O) groups is 1. The average molecular weight is 304 g/mol. The summed E-state index contributed by atoms with van der Waals surface area (Å²) in [6.45, 7) is 8.99. The molecule has 112 valence electrons. The molecule has 0 aliphatic carbocycles. The molecule has 4 heteroatoms. The number of rotatable bonds is 6. The first kappa shape index (κ1) is 15.6. The van der Waals surface area contributed by atoms with Gasteiger partial charge in [0.2, 0.25) is 5.78 Å². The van der Waals surface area contributed by atoms with Gasteiger partial charge in [-0.15, -0.1) is 11.3 Å². The van der Waals surface area contributed by atoms with Gasteiger partial charge in [-0.05, 0) is 57.5 Å². The van der Waals surface area contributed by atoms with Crippen LogP contribution in [0.4, 0.5) is 0 Å². The van der Waals surface area contributed by atoms with Crippen LogP contribution in [0.15, 0.2) is 24.3 Å². The number of carbonyl (C=O) groups excluding carboxylic acids is 1. The molecule has 0 fully saturated rings. The van der Waals surface area contributed by atoms with Crippen LogP contribution < -0.4 is 9.47 Å². The summed E-state index contributed by atoms with van der Waals surface area (Å²) in [7, 11) is 0. The van der Waals surface area contributed by atoms with Crippen molar-refractivity contribution in [2.45, 2.75) is 27.7 Å². The highest BCUT2D eigenvalue weighted by Gasteiger charge is 2.15. The van der Waals surface area contributed by atoms with Gasteiger partial charge >= 0.3 is 0 Å². The lowest BCUT2D eigenvalue weighted by Crippen LogP contribution is -2.03. The van der Waals surface area contributed by atoms with Crippen molar-refractivity contribution in [3.63, 3.8) is 0 Å². The Morgan fingerprint density at radius 1 is 1.05 bits per heavy atom. The van der Waals surface area contributed by atoms with Crippen LogP contribution in [0.1, 0.15) is 39.5 Å². The molecule has 1 heterocycles. The van der Waals surface area contributed by atoms with E-state index in [2.05, 4.69) is 0 Å². The second kappa shape index (κ2) is 6.76. The molecule has 0 N–H and O–H groups in total. The topological polar surface area (TPSA) is 35.5 Å². The maximum atomic E-state index is 12.6. The molecule has 0 spiro atoms. The fourth-order valence-corrected chi connectivity index (χ4v) is 3.02. The third-order valence-electron chi connectivity index (χ3n) is 3.20. The first-order valence-electron chi connectivity index (χ1n) is 7.08. The Labute approximate surface area is 129 Å². The van der Waals surface area contributed by atoms with Crippen molar-refractivity contribution in [3.05, 3.63) is 45.1 Å². The highest BCUT2D eigenvalue weighted by Crippen LogP contribution is 2.31. The average Bonchev–Trinajstić information content (AvgIpc) is 2.80. The summed E-state index contributed by atoms with van der Waals surface area (Å²) in [6, 6.07) is 7.30. The van der Waals surface area contributed by atoms with Crippen molar-refractivity contribution >= 4 is 17.1 Å². The molecule has 0 aliphatic rings. The van der Waals surface area contributed by atoms with Crippen molar-refractivity contribution in [1.29, 1.82) is 0 Å². The zero-order valence-electron chi connectivity index (χ0n) is 12.9. The maximum Gasteiger partial charge on any atom is 0.203 e. The van der Waals surface area contributed by atoms with E-state index in [1.165, 1.54) is 16.2 Å². The summed E-state index contributed by atoms with van der Waals surface area (Å²) >= 11 is 1.53. The molecule has 0 unspecified atom stereocenters. The van der Waals surface area contributed by atoms with E-state index in [1.54, 1.807) is 18.2 Å². The number of hydrogen-bond acceptors (Lipinski definition) is 4. The normalized spacial score (nSPS) is 10.5. The van der Waals surface area contributed by atoms with Crippen LogP contribution in [0.2, 0.25) is 0 Å². The van der Waals surface area contributed by atoms with Crippen molar-refractivity contribution in [1.82, 2.24) is 0 Å². The Hall–Kier alpha value is -1.81. The minimum absolute atomic E-state index is 0.0280. The molecule has 21 heavy (non-hydrogen) atoms. The van der Waals surface area contributed by atoms with E-state index >= 15 is 0 Å². The molecule has 0 atom stereocenters. The first-order valence-corrected chi connectivity index (χ1v) is 7.89. The Balaban J connectivity index is 2.35. The quantitative estimate of drug-likeness (QED) is 0.742. The predicted octanol–water partition coefficient (Wildman–Crippen LogP) is 4.39. The Kier molecular flexibility index (Phi) is 5.02. The number of hydrogen-bond donors (Lipinski definition) is 0. The minimum atomic E-state index is 0.0280. The highest BCUT2D eigenvalue weighted by atomic mass is 32.1. The molecule has 0 bridgehead atoms. The third-order valence-corrected chi connectivity index (χ3v) is 4.35. The van der Waals surface area contributed by atoms with E-state index in [0.717, 1.165) is 10.4 Å². The molecule has 3 nitrogen and oxygen atoms in total. The van der Waals surface area contributed by atoms with E-state index in [0.29, 0.717) is 30.3 Å². The molecule has 0 saturated heterocycles. The zero-order valence-corrected chi connectivity index (χ0v) is 13.7. The van der Waals surface area contributed by atoms with Gasteiger partial charge in [0.1, 0.15) is 0 Å². The van der Waals surface area contributed by atoms with Crippen LogP contribution in [0, 0.1) is 13.8 Å². The molecule has 1 aromatic heterocycles. The van der Waals surface area contributed by atoms with E-state index in [-0.39, 0.29) is 5.78 Å². The smallest absolute Gasteiger partial charge is 0.203 e. The lowest BCUT2D eigenvalue weighted by atomic mass is 10.1. The number of thiophene rings is 1. The molecular weight excluding hydrogens is 284 g/mol. The standard InChI is InChI=1S/C17H20O3S/c1-5-19-14-8-7-13(10-15(14)20-6-2)17(18)16-9-11(3)12(4)21-16/h7-10H,5-6H2,1-4H3. The molecular formula is C17H20O3S. The van der Waals surface area contributed by atoms with Crippen LogP contribution in [-0.4, -0.2) is 19.0 Å². The van der Waals surface area contributed by atoms with Crippen molar-refractivity contribution in [3.8, 4) is 11.5 Å². The largest absolute Gasteiger partial charge is 0.490 e. The van der Waals surface area contributed by atoms with Gasteiger partial charge in [-0.1, -0.05) is 0 Å². The SMILES string of the molecule is CCOc1ccc(C(=O)c2cc(C)c(C)s2)cc1OCC. The molecule has 0 amide bonds. The summed E-state index contributed by atoms with van der Waals surface area (Å²) < 4.78 is 11.1. The monoisotopic (exact) mass is 304 g/mol. The number of ether oxygens (including phenoxy) is 2. The zero-order chi connectivity index (χ0) is 15.4. The van der Waals surface area contributed by atoms with Gasteiger partial charge in [0.25, 0.3) is 0 Å². The Bertz CT molecular complexity index is 624. The summed E-state index contributed by atoms with van der Waals surface area (Å²) in [5.74, 6) is 1.32. The lowest BCUT2D eigenvalue weighted by molar-refractivity contribution is 0.104. The first-order chi connectivity index (χ1) is 10.1. The van der Waals surface area contributed by atoms with Crippen LogP contribution in [0.25, 0.3) is 0 Å². The van der Waals surface area contributed by atoms with E-state index in [4.69, 9.17) is 9.47 Å². The summed E-state index contributed by atoms with van der Waals surface area (Å²) in [6.07, 6.45) is 0. The van der Waals surface area contributed by atoms with Crippen molar-refractivity contribution < 1.29 is 14.3 Å². The summed E-state index contributed by atoms with van der Waals surface area (Å²) in [5.41, 5.74) is 1.78. The van der Waals surface area contributed by atoms with E-state index < -0.39 is 0 Å².